The van der Waals surface area contributed by atoms with Crippen LogP contribution in [-0.2, 0) is 9.53 Å². The Morgan fingerprint density at radius 3 is 2.84 bits per heavy atom. The molecule has 25 heavy (non-hydrogen) atoms. The number of carbonyl (C=O) groups is 1. The Labute approximate surface area is 152 Å². The van der Waals surface area contributed by atoms with E-state index in [1.807, 2.05) is 0 Å². The molecule has 2 rings (SSSR count). The summed E-state index contributed by atoms with van der Waals surface area (Å²) < 4.78 is 5.12. The number of aliphatic carboxylic acids is 1. The van der Waals surface area contributed by atoms with E-state index in [-0.39, 0.29) is 6.61 Å². The van der Waals surface area contributed by atoms with Crippen LogP contribution in [0.15, 0.2) is 11.6 Å². The Morgan fingerprint density at radius 1 is 1.28 bits per heavy atom. The highest BCUT2D eigenvalue weighted by molar-refractivity contribution is 5.68. The fourth-order valence-corrected chi connectivity index (χ4v) is 3.91. The molecular formula is C22H30O3. The molecule has 0 saturated heterocycles. The molecule has 136 valence electrons. The highest BCUT2D eigenvalue weighted by Crippen LogP contribution is 2.49. The lowest BCUT2D eigenvalue weighted by molar-refractivity contribution is -0.141. The zero-order chi connectivity index (χ0) is 18.1. The highest BCUT2D eigenvalue weighted by Gasteiger charge is 2.40. The van der Waals surface area contributed by atoms with E-state index in [9.17, 15) is 4.79 Å². The van der Waals surface area contributed by atoms with E-state index in [0.29, 0.717) is 24.4 Å². The summed E-state index contributed by atoms with van der Waals surface area (Å²) in [6, 6.07) is 0. The number of rotatable bonds is 6. The minimum atomic E-state index is -0.910. The lowest BCUT2D eigenvalue weighted by atomic mass is 9.92. The Morgan fingerprint density at radius 2 is 2.08 bits per heavy atom. The minimum absolute atomic E-state index is 0.217. The van der Waals surface area contributed by atoms with Gasteiger partial charge in [-0.25, -0.2) is 4.79 Å². The van der Waals surface area contributed by atoms with Crippen LogP contribution < -0.4 is 0 Å². The summed E-state index contributed by atoms with van der Waals surface area (Å²) >= 11 is 0. The summed E-state index contributed by atoms with van der Waals surface area (Å²) in [5.74, 6) is 14.9. The van der Waals surface area contributed by atoms with Gasteiger partial charge in [-0.1, -0.05) is 31.4 Å². The molecule has 0 aromatic heterocycles. The summed E-state index contributed by atoms with van der Waals surface area (Å²) in [7, 11) is 0. The maximum Gasteiger partial charge on any atom is 0.329 e. The van der Waals surface area contributed by atoms with Crippen molar-refractivity contribution in [2.75, 3.05) is 13.2 Å². The summed E-state index contributed by atoms with van der Waals surface area (Å²) in [6.07, 6.45) is 9.66. The van der Waals surface area contributed by atoms with Gasteiger partial charge in [0.05, 0.1) is 6.61 Å². The molecule has 0 radical (unpaired) electrons. The molecule has 1 N–H and O–H groups in total. The first-order valence-electron chi connectivity index (χ1n) is 9.51. The first-order chi connectivity index (χ1) is 12.1. The molecule has 0 heterocycles. The van der Waals surface area contributed by atoms with Crippen molar-refractivity contribution >= 4 is 5.97 Å². The van der Waals surface area contributed by atoms with E-state index < -0.39 is 5.97 Å². The summed E-state index contributed by atoms with van der Waals surface area (Å²) in [5, 5.41) is 8.58. The zero-order valence-corrected chi connectivity index (χ0v) is 15.5. The molecule has 4 atom stereocenters. The van der Waals surface area contributed by atoms with Gasteiger partial charge >= 0.3 is 5.97 Å². The zero-order valence-electron chi connectivity index (χ0n) is 15.5. The van der Waals surface area contributed by atoms with E-state index in [4.69, 9.17) is 9.84 Å². The predicted octanol–water partition coefficient (Wildman–Crippen LogP) is 4.28. The van der Waals surface area contributed by atoms with E-state index in [2.05, 4.69) is 43.6 Å². The molecule has 0 spiro atoms. The standard InChI is InChI=1S/C22H30O3/c1-3-4-5-7-17(2)8-6-9-19-10-11-20-14-18(15-21(19)20)12-13-25-16-22(23)24/h12,17,19-21H,3,7-8,10-11,13-16H2,1-2H3,(H,23,24)/b18-12+/t17-,19-,20+,21+/m0/s1. The second-order valence-electron chi connectivity index (χ2n) is 7.33. The third-order valence-corrected chi connectivity index (χ3v) is 5.20. The maximum atomic E-state index is 10.5. The van der Waals surface area contributed by atoms with E-state index in [0.717, 1.165) is 38.0 Å². The normalized spacial score (nSPS) is 27.1. The summed E-state index contributed by atoms with van der Waals surface area (Å²) in [4.78, 5) is 10.5. The first kappa shape index (κ1) is 19.6. The molecule has 2 aliphatic carbocycles. The smallest absolute Gasteiger partial charge is 0.329 e. The molecule has 0 aliphatic heterocycles. The van der Waals surface area contributed by atoms with Crippen LogP contribution in [0.25, 0.3) is 0 Å². The van der Waals surface area contributed by atoms with Crippen LogP contribution in [-0.4, -0.2) is 24.3 Å². The van der Waals surface area contributed by atoms with Gasteiger partial charge in [-0.3, -0.25) is 0 Å². The van der Waals surface area contributed by atoms with Crippen molar-refractivity contribution in [2.45, 2.75) is 58.8 Å². The fourth-order valence-electron chi connectivity index (χ4n) is 3.91. The minimum Gasteiger partial charge on any atom is -0.480 e. The summed E-state index contributed by atoms with van der Waals surface area (Å²) in [6.45, 7) is 4.50. The van der Waals surface area contributed by atoms with Crippen molar-refractivity contribution in [1.29, 1.82) is 0 Å². The molecule has 0 aromatic rings. The number of carboxylic acids is 1. The van der Waals surface area contributed by atoms with Gasteiger partial charge in [0.25, 0.3) is 0 Å². The van der Waals surface area contributed by atoms with Crippen LogP contribution in [0.1, 0.15) is 58.8 Å². The monoisotopic (exact) mass is 342 g/mol. The number of fused-ring (bicyclic) bond motifs is 1. The molecular weight excluding hydrogens is 312 g/mol. The molecule has 0 amide bonds. The second kappa shape index (κ2) is 10.3. The van der Waals surface area contributed by atoms with E-state index >= 15 is 0 Å². The van der Waals surface area contributed by atoms with Gasteiger partial charge in [0, 0.05) is 25.2 Å². The fraction of sp³-hybridized carbons (Fsp3) is 0.682. The van der Waals surface area contributed by atoms with Crippen molar-refractivity contribution in [1.82, 2.24) is 0 Å². The molecule has 0 aromatic carbocycles. The van der Waals surface area contributed by atoms with Gasteiger partial charge in [0.15, 0.2) is 0 Å². The average Bonchev–Trinajstić information content (AvgIpc) is 3.13. The third kappa shape index (κ3) is 6.60. The highest BCUT2D eigenvalue weighted by atomic mass is 16.5. The quantitative estimate of drug-likeness (QED) is 0.445. The van der Waals surface area contributed by atoms with Crippen LogP contribution in [0.3, 0.4) is 0 Å². The van der Waals surface area contributed by atoms with Crippen molar-refractivity contribution in [2.24, 2.45) is 23.7 Å². The SMILES string of the molecule is CCC#CC[C@H](C)CC#C[C@H]1CC[C@@H]2C/C(=C\COCC(=O)O)C[C@@H]21. The third-order valence-electron chi connectivity index (χ3n) is 5.20. The predicted molar refractivity (Wildman–Crippen MR) is 99.7 cm³/mol. The van der Waals surface area contributed by atoms with Crippen LogP contribution in [0.5, 0.6) is 0 Å². The van der Waals surface area contributed by atoms with Gasteiger partial charge in [0.1, 0.15) is 6.61 Å². The molecule has 2 aliphatic rings. The van der Waals surface area contributed by atoms with E-state index in [1.165, 1.54) is 18.4 Å². The molecule has 2 fully saturated rings. The van der Waals surface area contributed by atoms with Gasteiger partial charge in [0.2, 0.25) is 0 Å². The van der Waals surface area contributed by atoms with Crippen LogP contribution in [0.4, 0.5) is 0 Å². The molecule has 2 saturated carbocycles. The number of carboxylic acid groups (broad SMARTS) is 1. The van der Waals surface area contributed by atoms with Crippen molar-refractivity contribution in [3.8, 4) is 23.7 Å². The molecule has 0 bridgehead atoms. The topological polar surface area (TPSA) is 46.5 Å². The largest absolute Gasteiger partial charge is 0.480 e. The lowest BCUT2D eigenvalue weighted by Gasteiger charge is -2.12. The van der Waals surface area contributed by atoms with Gasteiger partial charge in [-0.15, -0.1) is 17.8 Å². The molecule has 0 unspecified atom stereocenters. The number of hydrogen-bond acceptors (Lipinski definition) is 2. The maximum absolute atomic E-state index is 10.5. The van der Waals surface area contributed by atoms with Crippen LogP contribution in [0.2, 0.25) is 0 Å². The van der Waals surface area contributed by atoms with Gasteiger partial charge in [-0.05, 0) is 43.4 Å². The second-order valence-corrected chi connectivity index (χ2v) is 7.33. The van der Waals surface area contributed by atoms with Crippen molar-refractivity contribution < 1.29 is 14.6 Å². The van der Waals surface area contributed by atoms with Crippen LogP contribution in [0, 0.1) is 47.4 Å². The lowest BCUT2D eigenvalue weighted by Crippen LogP contribution is -2.07. The van der Waals surface area contributed by atoms with Crippen LogP contribution >= 0.6 is 0 Å². The number of hydrogen-bond donors (Lipinski definition) is 1. The average molecular weight is 342 g/mol. The van der Waals surface area contributed by atoms with Gasteiger partial charge < -0.3 is 9.84 Å². The first-order valence-corrected chi connectivity index (χ1v) is 9.51. The Balaban J connectivity index is 1.77. The molecule has 3 heteroatoms. The van der Waals surface area contributed by atoms with E-state index in [1.54, 1.807) is 0 Å². The number of allylic oxidation sites excluding steroid dienone is 1. The number of ether oxygens (including phenoxy) is 1. The Bertz CT molecular complexity index is 596. The Hall–Kier alpha value is -1.71. The summed E-state index contributed by atoms with van der Waals surface area (Å²) in [5.41, 5.74) is 1.43. The Kier molecular flexibility index (Phi) is 8.10. The molecule has 3 nitrogen and oxygen atoms in total. The van der Waals surface area contributed by atoms with Crippen molar-refractivity contribution in [3.05, 3.63) is 11.6 Å². The van der Waals surface area contributed by atoms with Crippen molar-refractivity contribution in [3.63, 3.8) is 0 Å². The van der Waals surface area contributed by atoms with Gasteiger partial charge in [-0.2, -0.15) is 0 Å².